The third-order valence-electron chi connectivity index (χ3n) is 5.76. The molecule has 0 bridgehead atoms. The number of para-hydroxylation sites is 1. The molecular formula is C33H48N2O4. The van der Waals surface area contributed by atoms with E-state index in [2.05, 4.69) is 78.3 Å². The van der Waals surface area contributed by atoms with E-state index >= 15 is 0 Å². The van der Waals surface area contributed by atoms with Gasteiger partial charge in [-0.3, -0.25) is 9.59 Å². The third-order valence-corrected chi connectivity index (χ3v) is 5.76. The molecule has 0 fully saturated rings. The second-order valence-electron chi connectivity index (χ2n) is 9.04. The van der Waals surface area contributed by atoms with E-state index in [1.165, 1.54) is 6.07 Å². The number of ether oxygens (including phenoxy) is 1. The number of phenols is 1. The Bertz CT molecular complexity index is 947. The molecule has 0 aliphatic heterocycles. The summed E-state index contributed by atoms with van der Waals surface area (Å²) in [6.45, 7) is 5.17. The Balaban J connectivity index is 2.05. The van der Waals surface area contributed by atoms with Crippen LogP contribution in [-0.4, -0.2) is 42.7 Å². The number of benzene rings is 1. The van der Waals surface area contributed by atoms with Crippen LogP contribution in [0.2, 0.25) is 0 Å². The van der Waals surface area contributed by atoms with Crippen LogP contribution in [0.4, 0.5) is 0 Å². The van der Waals surface area contributed by atoms with Crippen molar-refractivity contribution in [2.45, 2.75) is 77.7 Å². The summed E-state index contributed by atoms with van der Waals surface area (Å²) < 4.78 is 5.76. The first kappa shape index (κ1) is 33.6. The fraction of sp³-hybridized carbons (Fsp3) is 0.455. The maximum Gasteiger partial charge on any atom is 0.255 e. The summed E-state index contributed by atoms with van der Waals surface area (Å²) in [5.41, 5.74) is 0.211. The highest BCUT2D eigenvalue weighted by atomic mass is 16.5. The van der Waals surface area contributed by atoms with Crippen molar-refractivity contribution >= 4 is 11.8 Å². The lowest BCUT2D eigenvalue weighted by atomic mass is 10.2. The van der Waals surface area contributed by atoms with Crippen molar-refractivity contribution in [3.8, 4) is 5.75 Å². The van der Waals surface area contributed by atoms with Gasteiger partial charge in [-0.15, -0.1) is 0 Å². The highest BCUT2D eigenvalue weighted by Crippen LogP contribution is 2.14. The summed E-state index contributed by atoms with van der Waals surface area (Å²) in [5, 5.41) is 15.2. The van der Waals surface area contributed by atoms with Gasteiger partial charge in [0.05, 0.1) is 5.56 Å². The van der Waals surface area contributed by atoms with E-state index in [4.69, 9.17) is 4.74 Å². The normalized spacial score (nSPS) is 12.9. The van der Waals surface area contributed by atoms with Crippen LogP contribution in [0.3, 0.4) is 0 Å². The Labute approximate surface area is 235 Å². The molecule has 6 nitrogen and oxygen atoms in total. The summed E-state index contributed by atoms with van der Waals surface area (Å²) in [7, 11) is 0. The number of allylic oxidation sites excluding steroid dienone is 10. The van der Waals surface area contributed by atoms with E-state index in [1.54, 1.807) is 18.2 Å². The van der Waals surface area contributed by atoms with Crippen molar-refractivity contribution in [3.63, 3.8) is 0 Å². The van der Waals surface area contributed by atoms with Crippen LogP contribution in [0.15, 0.2) is 85.0 Å². The number of nitrogens with one attached hydrogen (secondary N) is 2. The topological polar surface area (TPSA) is 87.7 Å². The van der Waals surface area contributed by atoms with Crippen molar-refractivity contribution in [3.05, 3.63) is 90.6 Å². The number of unbranched alkanes of at least 4 members (excludes halogenated alkanes) is 2. The first-order valence-corrected chi connectivity index (χ1v) is 14.3. The Morgan fingerprint density at radius 3 is 1.95 bits per heavy atom. The maximum absolute atomic E-state index is 12.4. The number of amides is 2. The van der Waals surface area contributed by atoms with Crippen molar-refractivity contribution in [1.29, 1.82) is 0 Å². The molecule has 0 heterocycles. The summed E-state index contributed by atoms with van der Waals surface area (Å²) in [4.78, 5) is 24.4. The van der Waals surface area contributed by atoms with Gasteiger partial charge >= 0.3 is 0 Å². The molecule has 1 aromatic carbocycles. The zero-order valence-corrected chi connectivity index (χ0v) is 23.8. The number of aromatic hydroxyl groups is 1. The molecule has 0 aromatic heterocycles. The second kappa shape index (κ2) is 23.7. The van der Waals surface area contributed by atoms with E-state index in [0.29, 0.717) is 19.6 Å². The number of hydrogen-bond acceptors (Lipinski definition) is 4. The van der Waals surface area contributed by atoms with E-state index < -0.39 is 6.10 Å². The minimum Gasteiger partial charge on any atom is -0.507 e. The first-order chi connectivity index (χ1) is 19.1. The van der Waals surface area contributed by atoms with E-state index in [1.807, 2.05) is 6.92 Å². The van der Waals surface area contributed by atoms with Crippen molar-refractivity contribution < 1.29 is 19.4 Å². The van der Waals surface area contributed by atoms with Crippen molar-refractivity contribution in [1.82, 2.24) is 10.6 Å². The fourth-order valence-electron chi connectivity index (χ4n) is 3.57. The van der Waals surface area contributed by atoms with Gasteiger partial charge in [-0.1, -0.05) is 86.7 Å². The van der Waals surface area contributed by atoms with Crippen LogP contribution in [0.5, 0.6) is 5.75 Å². The molecule has 0 saturated carbocycles. The molecule has 0 radical (unpaired) electrons. The zero-order valence-electron chi connectivity index (χ0n) is 23.8. The van der Waals surface area contributed by atoms with Crippen LogP contribution in [0.1, 0.15) is 82.0 Å². The van der Waals surface area contributed by atoms with E-state index in [0.717, 1.165) is 51.4 Å². The van der Waals surface area contributed by atoms with Gasteiger partial charge in [0.25, 0.3) is 5.91 Å². The smallest absolute Gasteiger partial charge is 0.255 e. The molecule has 0 unspecified atom stereocenters. The van der Waals surface area contributed by atoms with Crippen LogP contribution < -0.4 is 10.6 Å². The first-order valence-electron chi connectivity index (χ1n) is 14.3. The molecule has 39 heavy (non-hydrogen) atoms. The van der Waals surface area contributed by atoms with E-state index in [9.17, 15) is 14.7 Å². The Morgan fingerprint density at radius 2 is 1.36 bits per heavy atom. The number of carbonyl (C=O) groups excluding carboxylic acids is 2. The lowest BCUT2D eigenvalue weighted by Gasteiger charge is -2.16. The van der Waals surface area contributed by atoms with Gasteiger partial charge in [-0.05, 0) is 69.9 Å². The van der Waals surface area contributed by atoms with Crippen LogP contribution in [-0.2, 0) is 9.53 Å². The highest BCUT2D eigenvalue weighted by Gasteiger charge is 2.16. The molecule has 0 saturated heterocycles. The SMILES string of the molecule is CCC=CCC=CCC=CCC=CCC=CCCCCO[C@@H](CC)C(=O)NCCNC(=O)c1ccccc1O. The number of carbonyl (C=O) groups is 2. The summed E-state index contributed by atoms with van der Waals surface area (Å²) >= 11 is 0. The quantitative estimate of drug-likeness (QED) is 0.117. The van der Waals surface area contributed by atoms with Gasteiger partial charge in [0.1, 0.15) is 11.9 Å². The number of hydrogen-bond donors (Lipinski definition) is 3. The Kier molecular flexibility index (Phi) is 20.5. The van der Waals surface area contributed by atoms with Crippen LogP contribution in [0, 0.1) is 0 Å². The van der Waals surface area contributed by atoms with Gasteiger partial charge in [0, 0.05) is 19.7 Å². The summed E-state index contributed by atoms with van der Waals surface area (Å²) in [6.07, 6.45) is 30.0. The average Bonchev–Trinajstić information content (AvgIpc) is 2.94. The predicted molar refractivity (Wildman–Crippen MR) is 162 cm³/mol. The molecule has 1 aromatic rings. The molecule has 0 aliphatic carbocycles. The molecular weight excluding hydrogens is 488 g/mol. The van der Waals surface area contributed by atoms with Gasteiger partial charge < -0.3 is 20.5 Å². The monoisotopic (exact) mass is 536 g/mol. The minimum absolute atomic E-state index is 0.0696. The van der Waals surface area contributed by atoms with Crippen LogP contribution >= 0.6 is 0 Å². The number of phenolic OH excluding ortho intramolecular Hbond substituents is 1. The molecule has 1 rings (SSSR count). The minimum atomic E-state index is -0.493. The van der Waals surface area contributed by atoms with Crippen molar-refractivity contribution in [2.75, 3.05) is 19.7 Å². The number of rotatable bonds is 21. The molecule has 214 valence electrons. The van der Waals surface area contributed by atoms with Gasteiger partial charge in [0.2, 0.25) is 5.91 Å². The molecule has 3 N–H and O–H groups in total. The molecule has 0 spiro atoms. The standard InChI is InChI=1S/C33H48N2O4/c1-3-5-6-7-8-9-10-11-12-13-14-15-16-17-18-19-20-23-28-39-31(4-2)33(38)35-27-26-34-32(37)29-24-21-22-25-30(29)36/h5-6,8-9,11-12,14-15,17-18,21-22,24-25,31,36H,3-4,7,10,13,16,19-20,23,26-28H2,1-2H3,(H,34,37)(H,35,38)/t31-/m0/s1. The Morgan fingerprint density at radius 1 is 0.795 bits per heavy atom. The third kappa shape index (κ3) is 17.7. The highest BCUT2D eigenvalue weighted by molar-refractivity contribution is 5.96. The van der Waals surface area contributed by atoms with E-state index in [-0.39, 0.29) is 29.7 Å². The predicted octanol–water partition coefficient (Wildman–Crippen LogP) is 6.96. The largest absolute Gasteiger partial charge is 0.507 e. The lowest BCUT2D eigenvalue weighted by molar-refractivity contribution is -0.133. The zero-order chi connectivity index (χ0) is 28.4. The summed E-state index contributed by atoms with van der Waals surface area (Å²) in [5.74, 6) is -0.620. The Hall–Kier alpha value is -3.38. The maximum atomic E-state index is 12.4. The lowest BCUT2D eigenvalue weighted by Crippen LogP contribution is -2.40. The molecule has 2 amide bonds. The van der Waals surface area contributed by atoms with Gasteiger partial charge in [-0.2, -0.15) is 0 Å². The van der Waals surface area contributed by atoms with Crippen molar-refractivity contribution in [2.24, 2.45) is 0 Å². The second-order valence-corrected chi connectivity index (χ2v) is 9.04. The molecule has 6 heteroatoms. The van der Waals surface area contributed by atoms with Gasteiger partial charge in [0.15, 0.2) is 0 Å². The summed E-state index contributed by atoms with van der Waals surface area (Å²) in [6, 6.07) is 6.35. The molecule has 1 atom stereocenters. The fourth-order valence-corrected chi connectivity index (χ4v) is 3.57. The molecule has 0 aliphatic rings. The van der Waals surface area contributed by atoms with Crippen LogP contribution in [0.25, 0.3) is 0 Å². The average molecular weight is 537 g/mol. The van der Waals surface area contributed by atoms with Gasteiger partial charge in [-0.25, -0.2) is 0 Å².